The predicted octanol–water partition coefficient (Wildman–Crippen LogP) is 4.72. The van der Waals surface area contributed by atoms with Crippen molar-refractivity contribution in [3.05, 3.63) is 45.1 Å². The molecule has 0 aliphatic heterocycles. The number of hydrogen-bond donors (Lipinski definition) is 0. The first-order valence-electron chi connectivity index (χ1n) is 5.71. The van der Waals surface area contributed by atoms with Gasteiger partial charge in [-0.2, -0.15) is 13.2 Å². The maximum atomic E-state index is 13.1. The van der Waals surface area contributed by atoms with Crippen LogP contribution >= 0.6 is 27.5 Å². The fourth-order valence-electron chi connectivity index (χ4n) is 1.75. The Kier molecular flexibility index (Phi) is 4.85. The molecule has 0 bridgehead atoms. The molecule has 0 spiro atoms. The van der Waals surface area contributed by atoms with E-state index in [-0.39, 0.29) is 23.1 Å². The molecular weight excluding hydrogens is 373 g/mol. The summed E-state index contributed by atoms with van der Waals surface area (Å²) < 4.78 is 44.6. The Morgan fingerprint density at radius 1 is 1.24 bits per heavy atom. The molecule has 0 unspecified atom stereocenters. The third kappa shape index (κ3) is 3.93. The van der Waals surface area contributed by atoms with Crippen molar-refractivity contribution in [3.8, 4) is 11.4 Å². The van der Waals surface area contributed by atoms with Gasteiger partial charge in [0.1, 0.15) is 5.15 Å². The van der Waals surface area contributed by atoms with Crippen molar-refractivity contribution in [3.63, 3.8) is 0 Å². The highest BCUT2D eigenvalue weighted by atomic mass is 79.9. The quantitative estimate of drug-likeness (QED) is 0.721. The van der Waals surface area contributed by atoms with Crippen LogP contribution in [0.4, 0.5) is 13.2 Å². The van der Waals surface area contributed by atoms with Crippen LogP contribution in [0.2, 0.25) is 5.15 Å². The molecule has 8 heteroatoms. The van der Waals surface area contributed by atoms with E-state index in [9.17, 15) is 13.2 Å². The number of ether oxygens (including phenoxy) is 1. The molecule has 21 heavy (non-hydrogen) atoms. The minimum absolute atomic E-state index is 0.0584. The SMILES string of the molecule is COCc1cc(Cl)nc(-c2ccc(Br)cc2C(F)(F)F)n1. The minimum Gasteiger partial charge on any atom is -0.378 e. The van der Waals surface area contributed by atoms with Gasteiger partial charge >= 0.3 is 6.18 Å². The van der Waals surface area contributed by atoms with Crippen LogP contribution in [0.3, 0.4) is 0 Å². The van der Waals surface area contributed by atoms with Gasteiger partial charge in [0.25, 0.3) is 0 Å². The Bertz CT molecular complexity index is 664. The molecule has 0 atom stereocenters. The molecule has 1 heterocycles. The van der Waals surface area contributed by atoms with Crippen LogP contribution in [-0.4, -0.2) is 17.1 Å². The molecule has 0 amide bonds. The Hall–Kier alpha value is -1.18. The summed E-state index contributed by atoms with van der Waals surface area (Å²) in [5.74, 6) is -0.0885. The van der Waals surface area contributed by atoms with Crippen LogP contribution in [0, 0.1) is 0 Å². The van der Waals surface area contributed by atoms with Crippen molar-refractivity contribution in [2.45, 2.75) is 12.8 Å². The summed E-state index contributed by atoms with van der Waals surface area (Å²) >= 11 is 8.86. The van der Waals surface area contributed by atoms with Crippen molar-refractivity contribution < 1.29 is 17.9 Å². The maximum absolute atomic E-state index is 13.1. The van der Waals surface area contributed by atoms with Gasteiger partial charge in [-0.05, 0) is 24.3 Å². The Morgan fingerprint density at radius 2 is 1.95 bits per heavy atom. The lowest BCUT2D eigenvalue weighted by Gasteiger charge is -2.13. The number of methoxy groups -OCH3 is 1. The Balaban J connectivity index is 2.61. The van der Waals surface area contributed by atoms with Gasteiger partial charge in [0.05, 0.1) is 17.9 Å². The van der Waals surface area contributed by atoms with Gasteiger partial charge in [-0.1, -0.05) is 27.5 Å². The van der Waals surface area contributed by atoms with Crippen molar-refractivity contribution in [2.24, 2.45) is 0 Å². The van der Waals surface area contributed by atoms with Gasteiger partial charge in [0.15, 0.2) is 5.82 Å². The number of nitrogens with zero attached hydrogens (tertiary/aromatic N) is 2. The third-order valence-electron chi connectivity index (χ3n) is 2.57. The Morgan fingerprint density at radius 3 is 2.57 bits per heavy atom. The molecule has 0 N–H and O–H groups in total. The zero-order valence-corrected chi connectivity index (χ0v) is 13.1. The molecule has 0 aliphatic carbocycles. The first-order valence-corrected chi connectivity index (χ1v) is 6.88. The highest BCUT2D eigenvalue weighted by Gasteiger charge is 2.34. The van der Waals surface area contributed by atoms with E-state index in [2.05, 4.69) is 25.9 Å². The molecule has 3 nitrogen and oxygen atoms in total. The number of aromatic nitrogens is 2. The first-order chi connectivity index (χ1) is 9.81. The van der Waals surface area contributed by atoms with Gasteiger partial charge in [0.2, 0.25) is 0 Å². The zero-order chi connectivity index (χ0) is 15.6. The van der Waals surface area contributed by atoms with Crippen molar-refractivity contribution in [1.82, 2.24) is 9.97 Å². The highest BCUT2D eigenvalue weighted by Crippen LogP contribution is 2.37. The second-order valence-electron chi connectivity index (χ2n) is 4.13. The standard InChI is InChI=1S/C13H9BrClF3N2O/c1-21-6-8-5-11(15)20-12(19-8)9-3-2-7(14)4-10(9)13(16,17)18/h2-5H,6H2,1H3. The lowest BCUT2D eigenvalue weighted by Crippen LogP contribution is -2.09. The maximum Gasteiger partial charge on any atom is 0.417 e. The largest absolute Gasteiger partial charge is 0.417 e. The summed E-state index contributed by atoms with van der Waals surface area (Å²) in [5.41, 5.74) is -0.559. The molecule has 0 fully saturated rings. The molecule has 0 saturated heterocycles. The van der Waals surface area contributed by atoms with Crippen molar-refractivity contribution in [1.29, 1.82) is 0 Å². The molecule has 112 valence electrons. The normalized spacial score (nSPS) is 11.7. The van der Waals surface area contributed by atoms with Crippen LogP contribution < -0.4 is 0 Å². The van der Waals surface area contributed by atoms with Gasteiger partial charge in [-0.3, -0.25) is 0 Å². The van der Waals surface area contributed by atoms with Gasteiger partial charge in [-0.25, -0.2) is 9.97 Å². The van der Waals surface area contributed by atoms with Gasteiger partial charge in [0, 0.05) is 17.1 Å². The van der Waals surface area contributed by atoms with E-state index in [1.807, 2.05) is 0 Å². The van der Waals surface area contributed by atoms with E-state index in [1.165, 1.54) is 25.3 Å². The summed E-state index contributed by atoms with van der Waals surface area (Å²) in [6, 6.07) is 5.22. The predicted molar refractivity (Wildman–Crippen MR) is 75.9 cm³/mol. The average molecular weight is 382 g/mol. The summed E-state index contributed by atoms with van der Waals surface area (Å²) in [4.78, 5) is 7.94. The fraction of sp³-hybridized carbons (Fsp3) is 0.231. The smallest absolute Gasteiger partial charge is 0.378 e. The summed E-state index contributed by atoms with van der Waals surface area (Å²) in [6.45, 7) is 0.132. The van der Waals surface area contributed by atoms with E-state index in [4.69, 9.17) is 16.3 Å². The van der Waals surface area contributed by atoms with Crippen LogP contribution in [0.25, 0.3) is 11.4 Å². The van der Waals surface area contributed by atoms with Crippen LogP contribution in [0.15, 0.2) is 28.7 Å². The molecule has 2 aromatic rings. The van der Waals surface area contributed by atoms with Crippen LogP contribution in [0.5, 0.6) is 0 Å². The van der Waals surface area contributed by atoms with Crippen molar-refractivity contribution >= 4 is 27.5 Å². The summed E-state index contributed by atoms with van der Waals surface area (Å²) in [6.07, 6.45) is -4.52. The van der Waals surface area contributed by atoms with E-state index >= 15 is 0 Å². The molecule has 2 rings (SSSR count). The monoisotopic (exact) mass is 380 g/mol. The molecule has 1 aromatic heterocycles. The second-order valence-corrected chi connectivity index (χ2v) is 5.43. The number of rotatable bonds is 3. The van der Waals surface area contributed by atoms with E-state index in [0.717, 1.165) is 6.07 Å². The molecular formula is C13H9BrClF3N2O. The minimum atomic E-state index is -4.52. The van der Waals surface area contributed by atoms with E-state index < -0.39 is 11.7 Å². The van der Waals surface area contributed by atoms with Gasteiger partial charge < -0.3 is 4.74 Å². The first kappa shape index (κ1) is 16.2. The topological polar surface area (TPSA) is 35.0 Å². The number of halogens is 5. The zero-order valence-electron chi connectivity index (χ0n) is 10.7. The molecule has 0 aliphatic rings. The third-order valence-corrected chi connectivity index (χ3v) is 3.25. The lowest BCUT2D eigenvalue weighted by atomic mass is 10.1. The molecule has 0 radical (unpaired) electrons. The number of benzene rings is 1. The summed E-state index contributed by atoms with van der Waals surface area (Å²) in [7, 11) is 1.45. The van der Waals surface area contributed by atoms with E-state index in [1.54, 1.807) is 0 Å². The number of alkyl halides is 3. The molecule has 0 saturated carbocycles. The highest BCUT2D eigenvalue weighted by molar-refractivity contribution is 9.10. The Labute approximate surface area is 132 Å². The number of hydrogen-bond acceptors (Lipinski definition) is 3. The van der Waals surface area contributed by atoms with Crippen LogP contribution in [0.1, 0.15) is 11.3 Å². The van der Waals surface area contributed by atoms with E-state index in [0.29, 0.717) is 10.2 Å². The van der Waals surface area contributed by atoms with Crippen molar-refractivity contribution in [2.75, 3.05) is 7.11 Å². The second kappa shape index (κ2) is 6.29. The average Bonchev–Trinajstić information content (AvgIpc) is 2.37. The molecule has 1 aromatic carbocycles. The summed E-state index contributed by atoms with van der Waals surface area (Å²) in [5, 5.41) is 0.0584. The lowest BCUT2D eigenvalue weighted by molar-refractivity contribution is -0.137. The van der Waals surface area contributed by atoms with Gasteiger partial charge in [-0.15, -0.1) is 0 Å². The fourth-order valence-corrected chi connectivity index (χ4v) is 2.32. The van der Waals surface area contributed by atoms with Crippen LogP contribution in [-0.2, 0) is 17.5 Å².